The molecule has 0 unspecified atom stereocenters. The van der Waals surface area contributed by atoms with Crippen molar-refractivity contribution < 1.29 is 19.4 Å². The van der Waals surface area contributed by atoms with E-state index in [1.54, 1.807) is 5.38 Å². The largest absolute Gasteiger partial charge is 0.490 e. The molecule has 0 saturated heterocycles. The average Bonchev–Trinajstić information content (AvgIpc) is 2.78. The Kier molecular flexibility index (Phi) is 3.08. The Balaban J connectivity index is 1.96. The van der Waals surface area contributed by atoms with E-state index in [0.29, 0.717) is 24.7 Å². The van der Waals surface area contributed by atoms with Crippen molar-refractivity contribution >= 4 is 17.3 Å². The molecule has 3 rings (SSSR count). The van der Waals surface area contributed by atoms with Gasteiger partial charge >= 0.3 is 5.97 Å². The minimum absolute atomic E-state index is 0.0853. The van der Waals surface area contributed by atoms with E-state index in [4.69, 9.17) is 14.6 Å². The van der Waals surface area contributed by atoms with Crippen molar-refractivity contribution in [1.82, 2.24) is 4.98 Å². The molecule has 0 fully saturated rings. The second kappa shape index (κ2) is 4.89. The third-order valence-electron chi connectivity index (χ3n) is 2.73. The molecule has 0 saturated carbocycles. The van der Waals surface area contributed by atoms with E-state index in [0.717, 1.165) is 29.1 Å². The number of hydrogen-bond acceptors (Lipinski definition) is 5. The van der Waals surface area contributed by atoms with Gasteiger partial charge in [0.15, 0.2) is 11.5 Å². The fourth-order valence-electron chi connectivity index (χ4n) is 1.83. The molecule has 19 heavy (non-hydrogen) atoms. The average molecular weight is 277 g/mol. The summed E-state index contributed by atoms with van der Waals surface area (Å²) < 4.78 is 11.1. The van der Waals surface area contributed by atoms with Crippen molar-refractivity contribution in [1.29, 1.82) is 0 Å². The second-order valence-electron chi connectivity index (χ2n) is 4.06. The summed E-state index contributed by atoms with van der Waals surface area (Å²) in [6, 6.07) is 5.52. The summed E-state index contributed by atoms with van der Waals surface area (Å²) in [5.74, 6) is 0.389. The number of fused-ring (bicyclic) bond motifs is 1. The van der Waals surface area contributed by atoms with Crippen LogP contribution in [0.1, 0.15) is 16.2 Å². The highest BCUT2D eigenvalue weighted by molar-refractivity contribution is 7.11. The summed E-state index contributed by atoms with van der Waals surface area (Å²) >= 11 is 1.11. The van der Waals surface area contributed by atoms with Crippen molar-refractivity contribution in [3.8, 4) is 22.8 Å². The second-order valence-corrected chi connectivity index (χ2v) is 4.91. The normalized spacial score (nSPS) is 13.9. The van der Waals surface area contributed by atoms with Crippen LogP contribution in [0.5, 0.6) is 11.5 Å². The lowest BCUT2D eigenvalue weighted by molar-refractivity contribution is 0.0696. The standard InChI is InChI=1S/C13H11NO4S/c15-13(16)12-14-9(7-19-12)8-2-3-10-11(6-8)18-5-1-4-17-10/h2-3,6-7H,1,4-5H2,(H,15,16). The molecule has 1 aliphatic rings. The van der Waals surface area contributed by atoms with E-state index in [2.05, 4.69) is 4.98 Å². The van der Waals surface area contributed by atoms with Gasteiger partial charge in [-0.3, -0.25) is 0 Å². The summed E-state index contributed by atoms with van der Waals surface area (Å²) in [6.45, 7) is 1.26. The van der Waals surface area contributed by atoms with Crippen LogP contribution in [0.4, 0.5) is 0 Å². The van der Waals surface area contributed by atoms with Gasteiger partial charge in [-0.1, -0.05) is 0 Å². The Labute approximate surface area is 113 Å². The molecule has 0 aliphatic carbocycles. The summed E-state index contributed by atoms with van der Waals surface area (Å²) in [4.78, 5) is 14.9. The first kappa shape index (κ1) is 12.0. The van der Waals surface area contributed by atoms with Gasteiger partial charge in [0, 0.05) is 17.4 Å². The third kappa shape index (κ3) is 2.39. The molecule has 2 heterocycles. The first-order valence-corrected chi connectivity index (χ1v) is 6.71. The van der Waals surface area contributed by atoms with Crippen LogP contribution in [0.2, 0.25) is 0 Å². The minimum Gasteiger partial charge on any atom is -0.490 e. The predicted molar refractivity (Wildman–Crippen MR) is 70.1 cm³/mol. The summed E-state index contributed by atoms with van der Waals surface area (Å²) in [7, 11) is 0. The van der Waals surface area contributed by atoms with E-state index in [1.165, 1.54) is 0 Å². The van der Waals surface area contributed by atoms with Crippen molar-refractivity contribution in [3.05, 3.63) is 28.6 Å². The lowest BCUT2D eigenvalue weighted by Gasteiger charge is -2.08. The first-order chi connectivity index (χ1) is 9.24. The van der Waals surface area contributed by atoms with Gasteiger partial charge in [0.25, 0.3) is 0 Å². The van der Waals surface area contributed by atoms with Crippen LogP contribution in [0.3, 0.4) is 0 Å². The van der Waals surface area contributed by atoms with E-state index in [9.17, 15) is 4.79 Å². The molecule has 0 bridgehead atoms. The van der Waals surface area contributed by atoms with Gasteiger partial charge in [-0.05, 0) is 18.2 Å². The van der Waals surface area contributed by atoms with E-state index in [1.807, 2.05) is 18.2 Å². The zero-order valence-corrected chi connectivity index (χ0v) is 10.8. The van der Waals surface area contributed by atoms with Crippen LogP contribution in [0, 0.1) is 0 Å². The molecule has 0 amide bonds. The van der Waals surface area contributed by atoms with Gasteiger partial charge < -0.3 is 14.6 Å². The van der Waals surface area contributed by atoms with Gasteiger partial charge in [-0.2, -0.15) is 0 Å². The molecule has 98 valence electrons. The highest BCUT2D eigenvalue weighted by atomic mass is 32.1. The number of carboxylic acid groups (broad SMARTS) is 1. The number of benzene rings is 1. The van der Waals surface area contributed by atoms with Gasteiger partial charge in [0.2, 0.25) is 5.01 Å². The number of thiazole rings is 1. The molecule has 0 radical (unpaired) electrons. The number of ether oxygens (including phenoxy) is 2. The van der Waals surface area contributed by atoms with Gasteiger partial charge in [0.1, 0.15) is 0 Å². The smallest absolute Gasteiger partial charge is 0.365 e. The first-order valence-electron chi connectivity index (χ1n) is 5.83. The maximum absolute atomic E-state index is 10.8. The topological polar surface area (TPSA) is 68.7 Å². The SMILES string of the molecule is O=C(O)c1nc(-c2ccc3c(c2)OCCCO3)cs1. The fourth-order valence-corrected chi connectivity index (χ4v) is 2.49. The fraction of sp³-hybridized carbons (Fsp3) is 0.231. The van der Waals surface area contributed by atoms with Crippen LogP contribution in [-0.2, 0) is 0 Å². The maximum atomic E-state index is 10.8. The van der Waals surface area contributed by atoms with Crippen molar-refractivity contribution in [2.75, 3.05) is 13.2 Å². The number of nitrogens with zero attached hydrogens (tertiary/aromatic N) is 1. The maximum Gasteiger partial charge on any atom is 0.365 e. The lowest BCUT2D eigenvalue weighted by Crippen LogP contribution is -1.97. The molecule has 1 aliphatic heterocycles. The molecule has 0 spiro atoms. The molecular weight excluding hydrogens is 266 g/mol. The van der Waals surface area contributed by atoms with Gasteiger partial charge in [-0.25, -0.2) is 9.78 Å². The number of carboxylic acids is 1. The lowest BCUT2D eigenvalue weighted by atomic mass is 10.1. The Morgan fingerprint density at radius 3 is 2.79 bits per heavy atom. The summed E-state index contributed by atoms with van der Waals surface area (Å²) in [5.41, 5.74) is 1.46. The zero-order valence-electron chi connectivity index (χ0n) is 9.96. The van der Waals surface area contributed by atoms with E-state index in [-0.39, 0.29) is 5.01 Å². The highest BCUT2D eigenvalue weighted by Crippen LogP contribution is 2.34. The van der Waals surface area contributed by atoms with Crippen molar-refractivity contribution in [2.45, 2.75) is 6.42 Å². The monoisotopic (exact) mass is 277 g/mol. The zero-order chi connectivity index (χ0) is 13.2. The molecule has 1 aromatic heterocycles. The number of aromatic nitrogens is 1. The van der Waals surface area contributed by atoms with E-state index < -0.39 is 5.97 Å². The van der Waals surface area contributed by atoms with Crippen LogP contribution < -0.4 is 9.47 Å². The minimum atomic E-state index is -1.01. The van der Waals surface area contributed by atoms with Crippen LogP contribution in [-0.4, -0.2) is 29.3 Å². The molecule has 2 aromatic rings. The molecule has 6 heteroatoms. The summed E-state index contributed by atoms with van der Waals surface area (Å²) in [6.07, 6.45) is 0.851. The van der Waals surface area contributed by atoms with Crippen LogP contribution in [0.25, 0.3) is 11.3 Å². The number of aromatic carboxylic acids is 1. The molecule has 1 N–H and O–H groups in total. The third-order valence-corrected chi connectivity index (χ3v) is 3.56. The molecular formula is C13H11NO4S. The quantitative estimate of drug-likeness (QED) is 0.914. The molecule has 1 aromatic carbocycles. The molecule has 0 atom stereocenters. The van der Waals surface area contributed by atoms with Gasteiger partial charge in [0.05, 0.1) is 18.9 Å². The Morgan fingerprint density at radius 1 is 1.26 bits per heavy atom. The predicted octanol–water partition coefficient (Wildman–Crippen LogP) is 2.67. The van der Waals surface area contributed by atoms with E-state index >= 15 is 0 Å². The van der Waals surface area contributed by atoms with Crippen molar-refractivity contribution in [2.24, 2.45) is 0 Å². The Hall–Kier alpha value is -2.08. The van der Waals surface area contributed by atoms with Crippen LogP contribution >= 0.6 is 11.3 Å². The van der Waals surface area contributed by atoms with Gasteiger partial charge in [-0.15, -0.1) is 11.3 Å². The summed E-state index contributed by atoms with van der Waals surface area (Å²) in [5, 5.41) is 10.7. The Bertz CT molecular complexity index is 623. The molecule has 5 nitrogen and oxygen atoms in total. The number of hydrogen-bond donors (Lipinski definition) is 1. The van der Waals surface area contributed by atoms with Crippen LogP contribution in [0.15, 0.2) is 23.6 Å². The van der Waals surface area contributed by atoms with Crippen molar-refractivity contribution in [3.63, 3.8) is 0 Å². The Morgan fingerprint density at radius 2 is 2.05 bits per heavy atom. The number of carbonyl (C=O) groups is 1. The highest BCUT2D eigenvalue weighted by Gasteiger charge is 2.14. The number of rotatable bonds is 2.